The van der Waals surface area contributed by atoms with Crippen LogP contribution in [0.2, 0.25) is 0 Å². The summed E-state index contributed by atoms with van der Waals surface area (Å²) in [7, 11) is 1.57. The Balaban J connectivity index is 0.00000342. The topological polar surface area (TPSA) is 89.5 Å². The molecule has 0 saturated carbocycles. The Kier molecular flexibility index (Phi) is 8.74. The van der Waals surface area contributed by atoms with Crippen molar-refractivity contribution in [3.8, 4) is 23.0 Å². The zero-order chi connectivity index (χ0) is 24.1. The second-order valence-electron chi connectivity index (χ2n) is 8.32. The molecule has 192 valence electrons. The number of aliphatic hydroxyl groups is 1. The van der Waals surface area contributed by atoms with Crippen molar-refractivity contribution in [1.29, 1.82) is 0 Å². The lowest BCUT2D eigenvalue weighted by Crippen LogP contribution is -2.60. The first kappa shape index (κ1) is 26.5. The van der Waals surface area contributed by atoms with Crippen molar-refractivity contribution in [3.63, 3.8) is 0 Å². The number of nitrogens with zero attached hydrogens (tertiary/aromatic N) is 1. The number of amides is 1. The Morgan fingerprint density at radius 1 is 1.11 bits per heavy atom. The first-order valence-corrected chi connectivity index (χ1v) is 11.1. The largest absolute Gasteiger partial charge is 0.497 e. The van der Waals surface area contributed by atoms with E-state index in [1.165, 1.54) is 4.90 Å². The molecule has 2 N–H and O–H groups in total. The second-order valence-corrected chi connectivity index (χ2v) is 8.32. The summed E-state index contributed by atoms with van der Waals surface area (Å²) in [4.78, 5) is 14.1. The van der Waals surface area contributed by atoms with Crippen molar-refractivity contribution in [3.05, 3.63) is 48.0 Å². The fourth-order valence-electron chi connectivity index (χ4n) is 3.93. The van der Waals surface area contributed by atoms with Crippen LogP contribution < -0.4 is 24.3 Å². The average molecular weight is 495 g/mol. The van der Waals surface area contributed by atoms with Gasteiger partial charge in [0.1, 0.15) is 30.8 Å². The van der Waals surface area contributed by atoms with Gasteiger partial charge in [0, 0.05) is 6.54 Å². The van der Waals surface area contributed by atoms with Gasteiger partial charge in [-0.25, -0.2) is 8.78 Å². The molecule has 0 aliphatic carbocycles. The monoisotopic (exact) mass is 494 g/mol. The van der Waals surface area contributed by atoms with Crippen molar-refractivity contribution < 1.29 is 37.6 Å². The molecule has 0 bridgehead atoms. The van der Waals surface area contributed by atoms with E-state index < -0.39 is 31.2 Å². The van der Waals surface area contributed by atoms with Crippen molar-refractivity contribution in [2.45, 2.75) is 31.9 Å². The van der Waals surface area contributed by atoms with Crippen LogP contribution in [-0.2, 0) is 4.79 Å². The molecule has 10 heteroatoms. The highest BCUT2D eigenvalue weighted by molar-refractivity contribution is 5.76. The van der Waals surface area contributed by atoms with Gasteiger partial charge in [-0.05, 0) is 42.0 Å². The number of rotatable bonds is 10. The molecular formula is C25H32F2N2O6. The third kappa shape index (κ3) is 6.95. The lowest BCUT2D eigenvalue weighted by atomic mass is 9.99. The van der Waals surface area contributed by atoms with Crippen molar-refractivity contribution in [2.75, 3.05) is 46.6 Å². The predicted molar refractivity (Wildman–Crippen MR) is 126 cm³/mol. The van der Waals surface area contributed by atoms with E-state index in [0.29, 0.717) is 41.8 Å². The van der Waals surface area contributed by atoms with Gasteiger partial charge in [0.2, 0.25) is 5.91 Å². The lowest BCUT2D eigenvalue weighted by molar-refractivity contribution is -0.138. The van der Waals surface area contributed by atoms with Crippen LogP contribution in [0, 0.1) is 0 Å². The molecule has 2 aromatic carbocycles. The van der Waals surface area contributed by atoms with Crippen molar-refractivity contribution in [2.24, 2.45) is 0 Å². The van der Waals surface area contributed by atoms with E-state index in [9.17, 15) is 18.7 Å². The number of nitrogens with one attached hydrogen (secondary N) is 1. The van der Waals surface area contributed by atoms with Crippen LogP contribution in [0.4, 0.5) is 8.78 Å². The predicted octanol–water partition coefficient (Wildman–Crippen LogP) is 3.04. The van der Waals surface area contributed by atoms with Gasteiger partial charge in [-0.2, -0.15) is 0 Å². The Bertz CT molecular complexity index is 980. The molecule has 2 aliphatic heterocycles. The third-order valence-electron chi connectivity index (χ3n) is 5.66. The van der Waals surface area contributed by atoms with E-state index in [1.807, 2.05) is 0 Å². The number of carbonyl (C=O) groups excluding carboxylic acids is 1. The summed E-state index contributed by atoms with van der Waals surface area (Å²) in [5, 5.41) is 13.8. The van der Waals surface area contributed by atoms with E-state index >= 15 is 0 Å². The van der Waals surface area contributed by atoms with Crippen LogP contribution in [0.1, 0.15) is 25.5 Å². The number of aliphatic hydroxyl groups excluding tert-OH is 1. The zero-order valence-corrected chi connectivity index (χ0v) is 18.8. The lowest BCUT2D eigenvalue weighted by Gasteiger charge is -2.41. The maximum atomic E-state index is 13.3. The van der Waals surface area contributed by atoms with Crippen LogP contribution in [-0.4, -0.2) is 74.4 Å². The van der Waals surface area contributed by atoms with Gasteiger partial charge in [-0.15, -0.1) is 0 Å². The SMILES string of the molecule is C.COc1ccc(OCCC(=O)N[C@H](CN2CC(F)(F)C2)[C@H](O)c2ccc3c(c2)OCCO3)cc1. The van der Waals surface area contributed by atoms with Crippen LogP contribution in [0.15, 0.2) is 42.5 Å². The molecule has 1 amide bonds. The van der Waals surface area contributed by atoms with Gasteiger partial charge in [-0.3, -0.25) is 9.69 Å². The first-order chi connectivity index (χ1) is 16.3. The van der Waals surface area contributed by atoms with E-state index in [1.54, 1.807) is 49.6 Å². The number of hydrogen-bond acceptors (Lipinski definition) is 7. The Morgan fingerprint density at radius 2 is 1.77 bits per heavy atom. The summed E-state index contributed by atoms with van der Waals surface area (Å²) in [6.07, 6.45) is -1.09. The van der Waals surface area contributed by atoms with Crippen LogP contribution in [0.3, 0.4) is 0 Å². The highest BCUT2D eigenvalue weighted by Crippen LogP contribution is 2.34. The molecule has 2 aromatic rings. The number of hydrogen-bond donors (Lipinski definition) is 2. The normalized spacial score (nSPS) is 17.8. The molecule has 2 atom stereocenters. The average Bonchev–Trinajstić information content (AvgIpc) is 2.82. The number of fused-ring (bicyclic) bond motifs is 1. The first-order valence-electron chi connectivity index (χ1n) is 11.1. The van der Waals surface area contributed by atoms with Crippen LogP contribution in [0.5, 0.6) is 23.0 Å². The molecule has 0 spiro atoms. The summed E-state index contributed by atoms with van der Waals surface area (Å²) < 4.78 is 48.4. The molecule has 1 saturated heterocycles. The molecule has 0 aromatic heterocycles. The Labute approximate surface area is 203 Å². The second kappa shape index (κ2) is 11.5. The highest BCUT2D eigenvalue weighted by atomic mass is 19.3. The third-order valence-corrected chi connectivity index (χ3v) is 5.66. The smallest absolute Gasteiger partial charge is 0.272 e. The molecule has 1 fully saturated rings. The molecule has 35 heavy (non-hydrogen) atoms. The standard InChI is InChI=1S/C24H28F2N2O6.CH4/c1-31-17-3-5-18(6-4-17)32-9-8-22(29)27-19(13-28-14-24(25,26)15-28)23(30)16-2-7-20-21(12-16)34-11-10-33-20;/h2-7,12,19,23,30H,8-11,13-15H2,1H3,(H,27,29);1H4/t19-,23-;/m1./s1. The molecule has 2 heterocycles. The summed E-state index contributed by atoms with van der Waals surface area (Å²) in [6.45, 7) is 0.212. The summed E-state index contributed by atoms with van der Waals surface area (Å²) in [6, 6.07) is 11.2. The molecule has 8 nitrogen and oxygen atoms in total. The Morgan fingerprint density at radius 3 is 2.43 bits per heavy atom. The van der Waals surface area contributed by atoms with E-state index in [4.69, 9.17) is 18.9 Å². The van der Waals surface area contributed by atoms with Gasteiger partial charge < -0.3 is 29.4 Å². The Hall–Kier alpha value is -3.11. The minimum Gasteiger partial charge on any atom is -0.497 e. The molecule has 4 rings (SSSR count). The van der Waals surface area contributed by atoms with E-state index in [2.05, 4.69) is 5.32 Å². The maximum Gasteiger partial charge on any atom is 0.272 e. The summed E-state index contributed by atoms with van der Waals surface area (Å²) in [5.41, 5.74) is 0.497. The molecule has 0 radical (unpaired) electrons. The quantitative estimate of drug-likeness (QED) is 0.525. The van der Waals surface area contributed by atoms with Crippen molar-refractivity contribution >= 4 is 5.91 Å². The van der Waals surface area contributed by atoms with Gasteiger partial charge in [-0.1, -0.05) is 13.5 Å². The zero-order valence-electron chi connectivity index (χ0n) is 18.8. The number of halogens is 2. The highest BCUT2D eigenvalue weighted by Gasteiger charge is 2.45. The van der Waals surface area contributed by atoms with E-state index in [0.717, 1.165) is 0 Å². The summed E-state index contributed by atoms with van der Waals surface area (Å²) in [5.74, 6) is -0.760. The fraction of sp³-hybridized carbons (Fsp3) is 0.480. The van der Waals surface area contributed by atoms with Gasteiger partial charge >= 0.3 is 0 Å². The minimum absolute atomic E-state index is 0. The van der Waals surface area contributed by atoms with Crippen molar-refractivity contribution in [1.82, 2.24) is 10.2 Å². The van der Waals surface area contributed by atoms with E-state index in [-0.39, 0.29) is 32.9 Å². The maximum absolute atomic E-state index is 13.3. The molecular weight excluding hydrogens is 462 g/mol. The number of ether oxygens (including phenoxy) is 4. The summed E-state index contributed by atoms with van der Waals surface area (Å²) >= 11 is 0. The molecule has 0 unspecified atom stereocenters. The van der Waals surface area contributed by atoms with Gasteiger partial charge in [0.05, 0.1) is 39.3 Å². The number of methoxy groups -OCH3 is 1. The number of alkyl halides is 2. The van der Waals surface area contributed by atoms with Crippen LogP contribution >= 0.6 is 0 Å². The number of carbonyl (C=O) groups is 1. The fourth-order valence-corrected chi connectivity index (χ4v) is 3.93. The van der Waals surface area contributed by atoms with Crippen LogP contribution in [0.25, 0.3) is 0 Å². The number of benzene rings is 2. The minimum atomic E-state index is -2.75. The number of likely N-dealkylation sites (tertiary alicyclic amines) is 1. The van der Waals surface area contributed by atoms with Gasteiger partial charge in [0.25, 0.3) is 5.92 Å². The van der Waals surface area contributed by atoms with Gasteiger partial charge in [0.15, 0.2) is 11.5 Å². The molecule has 2 aliphatic rings.